The summed E-state index contributed by atoms with van der Waals surface area (Å²) in [7, 11) is 2.61. The quantitative estimate of drug-likeness (QED) is 0.397. The second-order valence-corrected chi connectivity index (χ2v) is 7.14. The zero-order chi connectivity index (χ0) is 21.3. The van der Waals surface area contributed by atoms with Crippen LogP contribution in [-0.4, -0.2) is 36.8 Å². The van der Waals surface area contributed by atoms with E-state index in [-0.39, 0.29) is 16.7 Å². The normalized spacial score (nSPS) is 15.7. The standard InChI is InChI=1S/C21H15BrN2O5/c1-11-15(19(25)24(2)20(26)17(11)10-23)9-13-5-7-18(29-13)14-6-4-12(22)8-16(14)21(27)28-3/h4-9H,1-3H3. The van der Waals surface area contributed by atoms with Gasteiger partial charge in [-0.2, -0.15) is 5.26 Å². The molecule has 0 radical (unpaired) electrons. The van der Waals surface area contributed by atoms with E-state index in [2.05, 4.69) is 15.9 Å². The van der Waals surface area contributed by atoms with Crippen LogP contribution in [0.25, 0.3) is 17.4 Å². The van der Waals surface area contributed by atoms with Crippen LogP contribution >= 0.6 is 15.9 Å². The number of likely N-dealkylation sites (N-methyl/N-ethyl adjacent to an activating group) is 1. The van der Waals surface area contributed by atoms with Crippen molar-refractivity contribution >= 4 is 39.8 Å². The minimum Gasteiger partial charge on any atom is -0.465 e. The number of amides is 2. The van der Waals surface area contributed by atoms with Crippen molar-refractivity contribution in [3.8, 4) is 17.4 Å². The van der Waals surface area contributed by atoms with Crippen LogP contribution in [0, 0.1) is 11.3 Å². The Morgan fingerprint density at radius 2 is 1.97 bits per heavy atom. The van der Waals surface area contributed by atoms with E-state index in [9.17, 15) is 19.6 Å². The van der Waals surface area contributed by atoms with E-state index in [1.807, 2.05) is 6.07 Å². The molecule has 0 spiro atoms. The number of carbonyl (C=O) groups is 3. The van der Waals surface area contributed by atoms with Crippen molar-refractivity contribution in [2.24, 2.45) is 0 Å². The van der Waals surface area contributed by atoms with E-state index in [4.69, 9.17) is 9.15 Å². The number of halogens is 1. The van der Waals surface area contributed by atoms with E-state index in [1.165, 1.54) is 20.2 Å². The SMILES string of the molecule is COC(=O)c1cc(Br)ccc1-c1ccc(C=C2C(=O)N(C)C(=O)C(C#N)=C2C)o1. The van der Waals surface area contributed by atoms with Crippen molar-refractivity contribution in [1.29, 1.82) is 5.26 Å². The van der Waals surface area contributed by atoms with E-state index >= 15 is 0 Å². The highest BCUT2D eigenvalue weighted by molar-refractivity contribution is 9.10. The van der Waals surface area contributed by atoms with Crippen LogP contribution in [0.1, 0.15) is 23.0 Å². The van der Waals surface area contributed by atoms with Crippen LogP contribution in [0.15, 0.2) is 55.9 Å². The Bertz CT molecular complexity index is 1150. The second kappa shape index (κ2) is 7.89. The van der Waals surface area contributed by atoms with Crippen LogP contribution in [-0.2, 0) is 14.3 Å². The molecule has 29 heavy (non-hydrogen) atoms. The molecule has 1 aromatic heterocycles. The number of nitriles is 1. The lowest BCUT2D eigenvalue weighted by atomic mass is 9.95. The summed E-state index contributed by atoms with van der Waals surface area (Å²) in [4.78, 5) is 37.5. The molecule has 1 aromatic carbocycles. The highest BCUT2D eigenvalue weighted by Gasteiger charge is 2.33. The number of imide groups is 1. The largest absolute Gasteiger partial charge is 0.465 e. The molecule has 0 atom stereocenters. The number of nitrogens with zero attached hydrogens (tertiary/aromatic N) is 2. The lowest BCUT2D eigenvalue weighted by Gasteiger charge is -2.23. The molecule has 2 heterocycles. The number of carbonyl (C=O) groups excluding carboxylic acids is 3. The molecule has 0 aliphatic carbocycles. The van der Waals surface area contributed by atoms with Gasteiger partial charge in [0.05, 0.1) is 12.7 Å². The van der Waals surface area contributed by atoms with E-state index in [0.717, 1.165) is 4.90 Å². The van der Waals surface area contributed by atoms with Gasteiger partial charge in [0.25, 0.3) is 11.8 Å². The summed E-state index contributed by atoms with van der Waals surface area (Å²) in [5, 5.41) is 9.24. The van der Waals surface area contributed by atoms with Gasteiger partial charge in [-0.15, -0.1) is 0 Å². The van der Waals surface area contributed by atoms with Gasteiger partial charge in [-0.3, -0.25) is 14.5 Å². The molecule has 7 nitrogen and oxygen atoms in total. The molecule has 146 valence electrons. The predicted molar refractivity (Wildman–Crippen MR) is 107 cm³/mol. The summed E-state index contributed by atoms with van der Waals surface area (Å²) < 4.78 is 11.3. The molecule has 2 aromatic rings. The van der Waals surface area contributed by atoms with Crippen LogP contribution in [0.3, 0.4) is 0 Å². The number of benzene rings is 1. The van der Waals surface area contributed by atoms with Crippen molar-refractivity contribution in [3.05, 3.63) is 62.8 Å². The third-order valence-electron chi connectivity index (χ3n) is 4.51. The number of esters is 1. The van der Waals surface area contributed by atoms with Crippen molar-refractivity contribution in [1.82, 2.24) is 4.90 Å². The van der Waals surface area contributed by atoms with Gasteiger partial charge in [0.1, 0.15) is 23.2 Å². The fourth-order valence-electron chi connectivity index (χ4n) is 2.93. The third kappa shape index (κ3) is 3.65. The molecule has 2 amide bonds. The Morgan fingerprint density at radius 3 is 2.62 bits per heavy atom. The smallest absolute Gasteiger partial charge is 0.338 e. The molecule has 0 saturated heterocycles. The van der Waals surface area contributed by atoms with Crippen LogP contribution < -0.4 is 0 Å². The molecule has 8 heteroatoms. The maximum Gasteiger partial charge on any atom is 0.338 e. The summed E-state index contributed by atoms with van der Waals surface area (Å²) in [6, 6.07) is 10.2. The van der Waals surface area contributed by atoms with Crippen LogP contribution in [0.5, 0.6) is 0 Å². The minimum absolute atomic E-state index is 0.0917. The zero-order valence-electron chi connectivity index (χ0n) is 15.8. The summed E-state index contributed by atoms with van der Waals surface area (Å²) in [6.07, 6.45) is 1.47. The maximum atomic E-state index is 12.5. The molecule has 1 aliphatic rings. The second-order valence-electron chi connectivity index (χ2n) is 6.22. The highest BCUT2D eigenvalue weighted by Crippen LogP contribution is 2.31. The van der Waals surface area contributed by atoms with Crippen LogP contribution in [0.2, 0.25) is 0 Å². The first-order chi connectivity index (χ1) is 13.8. The van der Waals surface area contributed by atoms with E-state index in [1.54, 1.807) is 37.3 Å². The lowest BCUT2D eigenvalue weighted by Crippen LogP contribution is -2.39. The van der Waals surface area contributed by atoms with Crippen molar-refractivity contribution in [2.45, 2.75) is 6.92 Å². The van der Waals surface area contributed by atoms with E-state index in [0.29, 0.717) is 27.1 Å². The van der Waals surface area contributed by atoms with Gasteiger partial charge < -0.3 is 9.15 Å². The Hall–Kier alpha value is -3.44. The predicted octanol–water partition coefficient (Wildman–Crippen LogP) is 3.72. The zero-order valence-corrected chi connectivity index (χ0v) is 17.4. The fourth-order valence-corrected chi connectivity index (χ4v) is 3.29. The molecular weight excluding hydrogens is 440 g/mol. The maximum absolute atomic E-state index is 12.5. The highest BCUT2D eigenvalue weighted by atomic mass is 79.9. The van der Waals surface area contributed by atoms with Gasteiger partial charge in [-0.1, -0.05) is 15.9 Å². The average molecular weight is 455 g/mol. The number of hydrogen-bond acceptors (Lipinski definition) is 6. The number of ether oxygens (including phenoxy) is 1. The minimum atomic E-state index is -0.634. The molecule has 0 fully saturated rings. The molecule has 0 saturated carbocycles. The Balaban J connectivity index is 2.07. The van der Waals surface area contributed by atoms with Gasteiger partial charge in [0, 0.05) is 22.7 Å². The summed E-state index contributed by atoms with van der Waals surface area (Å²) in [5.74, 6) is -0.938. The molecular formula is C21H15BrN2O5. The average Bonchev–Trinajstić information content (AvgIpc) is 3.18. The Kier molecular flexibility index (Phi) is 5.52. The fraction of sp³-hybridized carbons (Fsp3) is 0.143. The van der Waals surface area contributed by atoms with Gasteiger partial charge in [0.15, 0.2) is 0 Å². The van der Waals surface area contributed by atoms with Gasteiger partial charge in [-0.05, 0) is 48.9 Å². The number of hydrogen-bond donors (Lipinski definition) is 0. The summed E-state index contributed by atoms with van der Waals surface area (Å²) in [6.45, 7) is 1.54. The monoisotopic (exact) mass is 454 g/mol. The first-order valence-corrected chi connectivity index (χ1v) is 9.21. The molecule has 0 unspecified atom stereocenters. The van der Waals surface area contributed by atoms with Gasteiger partial charge >= 0.3 is 5.97 Å². The summed E-state index contributed by atoms with van der Waals surface area (Å²) in [5.41, 5.74) is 1.23. The molecule has 1 aliphatic heterocycles. The number of rotatable bonds is 3. The van der Waals surface area contributed by atoms with E-state index < -0.39 is 17.8 Å². The van der Waals surface area contributed by atoms with Crippen molar-refractivity contribution < 1.29 is 23.5 Å². The molecule has 3 rings (SSSR count). The first kappa shape index (κ1) is 20.3. The lowest BCUT2D eigenvalue weighted by molar-refractivity contribution is -0.138. The van der Waals surface area contributed by atoms with Gasteiger partial charge in [-0.25, -0.2) is 4.79 Å². The molecule has 0 N–H and O–H groups in total. The Labute approximate surface area is 175 Å². The van der Waals surface area contributed by atoms with Crippen LogP contribution in [0.4, 0.5) is 0 Å². The van der Waals surface area contributed by atoms with Crippen molar-refractivity contribution in [2.75, 3.05) is 14.2 Å². The summed E-state index contributed by atoms with van der Waals surface area (Å²) >= 11 is 3.32. The topological polar surface area (TPSA) is 101 Å². The number of methoxy groups -OCH3 is 1. The van der Waals surface area contributed by atoms with Crippen molar-refractivity contribution in [3.63, 3.8) is 0 Å². The number of furan rings is 1. The molecule has 0 bridgehead atoms. The van der Waals surface area contributed by atoms with Gasteiger partial charge in [0.2, 0.25) is 0 Å². The third-order valence-corrected chi connectivity index (χ3v) is 5.00. The Morgan fingerprint density at radius 1 is 1.24 bits per heavy atom. The first-order valence-electron chi connectivity index (χ1n) is 8.42.